The second-order valence-electron chi connectivity index (χ2n) is 5.74. The molecule has 2 heteroatoms. The lowest BCUT2D eigenvalue weighted by Gasteiger charge is -2.29. The Bertz CT molecular complexity index is 783. The standard InChI is InChI=1S/C23H20OP/c1-3-23(24)19(2)25(20-13-7-4-8-14-20,21-15-9-5-10-16-21)22-17-11-6-12-18-22/h1,4-18,23-24H,2H2/q+1. The summed E-state index contributed by atoms with van der Waals surface area (Å²) in [5.74, 6) is 2.46. The minimum absolute atomic E-state index is 0.679. The third kappa shape index (κ3) is 3.03. The maximum atomic E-state index is 10.5. The van der Waals surface area contributed by atoms with E-state index in [1.165, 1.54) is 0 Å². The Balaban J connectivity index is 2.40. The van der Waals surface area contributed by atoms with Gasteiger partial charge in [0, 0.05) is 0 Å². The number of rotatable bonds is 5. The molecule has 0 aliphatic heterocycles. The maximum Gasteiger partial charge on any atom is 0.172 e. The van der Waals surface area contributed by atoms with Gasteiger partial charge in [0.15, 0.2) is 6.10 Å². The molecule has 1 nitrogen and oxygen atoms in total. The maximum absolute atomic E-state index is 10.5. The topological polar surface area (TPSA) is 20.2 Å². The molecule has 0 heterocycles. The smallest absolute Gasteiger partial charge is 0.172 e. The van der Waals surface area contributed by atoms with Crippen LogP contribution in [-0.4, -0.2) is 11.2 Å². The van der Waals surface area contributed by atoms with Gasteiger partial charge in [-0.1, -0.05) is 67.1 Å². The Kier molecular flexibility index (Phi) is 5.15. The van der Waals surface area contributed by atoms with Crippen LogP contribution >= 0.6 is 7.26 Å². The van der Waals surface area contributed by atoms with Gasteiger partial charge in [-0.05, 0) is 36.4 Å². The normalized spacial score (nSPS) is 12.2. The van der Waals surface area contributed by atoms with E-state index >= 15 is 0 Å². The largest absolute Gasteiger partial charge is 0.373 e. The molecule has 25 heavy (non-hydrogen) atoms. The Morgan fingerprint density at radius 2 is 1.08 bits per heavy atom. The molecular weight excluding hydrogens is 323 g/mol. The van der Waals surface area contributed by atoms with Crippen molar-refractivity contribution in [2.24, 2.45) is 0 Å². The molecule has 1 atom stereocenters. The van der Waals surface area contributed by atoms with Crippen LogP contribution in [-0.2, 0) is 0 Å². The van der Waals surface area contributed by atoms with Crippen molar-refractivity contribution in [3.8, 4) is 12.3 Å². The van der Waals surface area contributed by atoms with E-state index in [4.69, 9.17) is 6.42 Å². The number of aliphatic hydroxyl groups is 1. The molecule has 0 bridgehead atoms. The van der Waals surface area contributed by atoms with Crippen LogP contribution in [0, 0.1) is 12.3 Å². The van der Waals surface area contributed by atoms with Gasteiger partial charge in [0.25, 0.3) is 0 Å². The van der Waals surface area contributed by atoms with E-state index in [1.54, 1.807) is 0 Å². The zero-order chi connectivity index (χ0) is 17.7. The highest BCUT2D eigenvalue weighted by molar-refractivity contribution is 7.99. The molecule has 3 aromatic carbocycles. The third-order valence-corrected chi connectivity index (χ3v) is 8.66. The lowest BCUT2D eigenvalue weighted by Crippen LogP contribution is -2.35. The van der Waals surface area contributed by atoms with E-state index in [-0.39, 0.29) is 0 Å². The molecule has 0 saturated heterocycles. The van der Waals surface area contributed by atoms with Crippen LogP contribution in [0.3, 0.4) is 0 Å². The van der Waals surface area contributed by atoms with Crippen LogP contribution in [0.1, 0.15) is 0 Å². The zero-order valence-electron chi connectivity index (χ0n) is 13.9. The van der Waals surface area contributed by atoms with Gasteiger partial charge in [0.2, 0.25) is 0 Å². The predicted octanol–water partition coefficient (Wildman–Crippen LogP) is 3.49. The number of benzene rings is 3. The third-order valence-electron chi connectivity index (χ3n) is 4.33. The molecule has 0 amide bonds. The highest BCUT2D eigenvalue weighted by atomic mass is 31.2. The molecule has 0 aliphatic carbocycles. The average molecular weight is 343 g/mol. The van der Waals surface area contributed by atoms with Crippen molar-refractivity contribution in [2.45, 2.75) is 6.10 Å². The van der Waals surface area contributed by atoms with Crippen molar-refractivity contribution in [1.82, 2.24) is 0 Å². The summed E-state index contributed by atoms with van der Waals surface area (Å²) in [5.41, 5.74) is 0. The summed E-state index contributed by atoms with van der Waals surface area (Å²) in [6.45, 7) is 4.28. The second-order valence-corrected chi connectivity index (χ2v) is 9.20. The molecule has 0 radical (unpaired) electrons. The summed E-state index contributed by atoms with van der Waals surface area (Å²) >= 11 is 0. The van der Waals surface area contributed by atoms with E-state index in [9.17, 15) is 5.11 Å². The van der Waals surface area contributed by atoms with Gasteiger partial charge in [0.1, 0.15) is 28.5 Å². The lowest BCUT2D eigenvalue weighted by atomic mass is 10.3. The molecule has 3 rings (SSSR count). The molecule has 0 spiro atoms. The summed E-state index contributed by atoms with van der Waals surface area (Å²) in [5, 5.41) is 14.6. The Hall–Kier alpha value is -2.65. The quantitative estimate of drug-likeness (QED) is 0.555. The predicted molar refractivity (Wildman–Crippen MR) is 109 cm³/mol. The first-order valence-corrected chi connectivity index (χ1v) is 9.89. The first kappa shape index (κ1) is 17.2. The minimum Gasteiger partial charge on any atom is -0.373 e. The van der Waals surface area contributed by atoms with Crippen LogP contribution in [0.4, 0.5) is 0 Å². The zero-order valence-corrected chi connectivity index (χ0v) is 14.8. The van der Waals surface area contributed by atoms with Crippen molar-refractivity contribution < 1.29 is 5.11 Å². The molecule has 0 aliphatic rings. The van der Waals surface area contributed by atoms with Crippen LogP contribution in [0.2, 0.25) is 0 Å². The van der Waals surface area contributed by atoms with Gasteiger partial charge in [0.05, 0.1) is 0 Å². The van der Waals surface area contributed by atoms with Gasteiger partial charge < -0.3 is 5.11 Å². The molecule has 1 unspecified atom stereocenters. The molecule has 1 N–H and O–H groups in total. The highest BCUT2D eigenvalue weighted by Gasteiger charge is 2.50. The van der Waals surface area contributed by atoms with Crippen LogP contribution in [0.25, 0.3) is 0 Å². The van der Waals surface area contributed by atoms with E-state index in [1.807, 2.05) is 54.6 Å². The van der Waals surface area contributed by atoms with Gasteiger partial charge in [-0.25, -0.2) is 0 Å². The van der Waals surface area contributed by atoms with Crippen LogP contribution in [0.5, 0.6) is 0 Å². The van der Waals surface area contributed by atoms with E-state index in [0.717, 1.165) is 15.9 Å². The number of hydrogen-bond donors (Lipinski definition) is 1. The van der Waals surface area contributed by atoms with Crippen molar-refractivity contribution >= 4 is 23.2 Å². The van der Waals surface area contributed by atoms with E-state index in [2.05, 4.69) is 48.9 Å². The van der Waals surface area contributed by atoms with Crippen molar-refractivity contribution in [3.05, 3.63) is 103 Å². The highest BCUT2D eigenvalue weighted by Crippen LogP contribution is 2.62. The second kappa shape index (κ2) is 7.49. The number of aliphatic hydroxyl groups excluding tert-OH is 1. The van der Waals surface area contributed by atoms with Gasteiger partial charge in [-0.2, -0.15) is 0 Å². The first-order valence-electron chi connectivity index (χ1n) is 8.10. The molecule has 0 saturated carbocycles. The monoisotopic (exact) mass is 343 g/mol. The molecule has 3 aromatic rings. The summed E-state index contributed by atoms with van der Waals surface area (Å²) < 4.78 is 0. The first-order chi connectivity index (χ1) is 12.2. The molecule has 0 fully saturated rings. The fourth-order valence-corrected chi connectivity index (χ4v) is 7.37. The summed E-state index contributed by atoms with van der Waals surface area (Å²) in [6.07, 6.45) is 4.56. The fourth-order valence-electron chi connectivity index (χ4n) is 3.18. The molecule has 0 aromatic heterocycles. The van der Waals surface area contributed by atoms with Crippen molar-refractivity contribution in [1.29, 1.82) is 0 Å². The van der Waals surface area contributed by atoms with Crippen LogP contribution < -0.4 is 15.9 Å². The Labute approximate surface area is 150 Å². The van der Waals surface area contributed by atoms with Crippen molar-refractivity contribution in [2.75, 3.05) is 0 Å². The molecule has 122 valence electrons. The number of hydrogen-bond acceptors (Lipinski definition) is 1. The summed E-state index contributed by atoms with van der Waals surface area (Å²) in [6, 6.07) is 30.7. The average Bonchev–Trinajstić information content (AvgIpc) is 2.70. The fraction of sp³-hybridized carbons (Fsp3) is 0.0435. The van der Waals surface area contributed by atoms with E-state index < -0.39 is 13.4 Å². The lowest BCUT2D eigenvalue weighted by molar-refractivity contribution is 0.277. The van der Waals surface area contributed by atoms with Crippen LogP contribution in [0.15, 0.2) is 103 Å². The van der Waals surface area contributed by atoms with Crippen molar-refractivity contribution in [3.63, 3.8) is 0 Å². The van der Waals surface area contributed by atoms with E-state index in [0.29, 0.717) is 5.31 Å². The van der Waals surface area contributed by atoms with Gasteiger partial charge in [-0.3, -0.25) is 0 Å². The number of terminal acetylenes is 1. The van der Waals surface area contributed by atoms with Gasteiger partial charge in [-0.15, -0.1) is 6.42 Å². The summed E-state index contributed by atoms with van der Waals surface area (Å²) in [7, 11) is -2.30. The SMILES string of the molecule is C#CC(O)C(=C)[P+](c1ccccc1)(c1ccccc1)c1ccccc1. The molecular formula is C23H20OP+. The Morgan fingerprint density at radius 1 is 0.760 bits per heavy atom. The summed E-state index contributed by atoms with van der Waals surface area (Å²) in [4.78, 5) is 0. The minimum atomic E-state index is -2.30. The van der Waals surface area contributed by atoms with Gasteiger partial charge >= 0.3 is 0 Å². The Morgan fingerprint density at radius 3 is 1.36 bits per heavy atom.